The summed E-state index contributed by atoms with van der Waals surface area (Å²) in [6.45, 7) is 8.39. The number of amides is 3. The number of nitrogens with one attached hydrogen (secondary N) is 3. The summed E-state index contributed by atoms with van der Waals surface area (Å²) in [6.07, 6.45) is 7.57. The SMILES string of the molecule is Cc1ccc(-n2nc(C(C)(C)C)cc2NC(=O)Nc2cccc(CC3CC4CCC(C3)N4C(=O)Cc3c[nH]c4ccccc34)c2)cc1. The number of nitrogens with zero attached hydrogens (tertiary/aromatic N) is 3. The van der Waals surface area contributed by atoms with Crippen molar-refractivity contribution in [2.24, 2.45) is 5.92 Å². The molecule has 0 saturated carbocycles. The van der Waals surface area contributed by atoms with Crippen LogP contribution in [0, 0.1) is 12.8 Å². The first kappa shape index (κ1) is 30.8. The Bertz CT molecular complexity index is 1900. The Morgan fingerprint density at radius 1 is 0.915 bits per heavy atom. The highest BCUT2D eigenvalue weighted by Crippen LogP contribution is 2.40. The number of carbonyl (C=O) groups excluding carboxylic acids is 2. The number of aryl methyl sites for hydroxylation is 1. The third-order valence-corrected chi connectivity index (χ3v) is 9.84. The van der Waals surface area contributed by atoms with Crippen molar-refractivity contribution in [2.45, 2.75) is 83.7 Å². The highest BCUT2D eigenvalue weighted by Gasteiger charge is 2.43. The summed E-state index contributed by atoms with van der Waals surface area (Å²) >= 11 is 0. The average Bonchev–Trinajstić information content (AvgIpc) is 3.72. The summed E-state index contributed by atoms with van der Waals surface area (Å²) in [5.41, 5.74) is 6.90. The Morgan fingerprint density at radius 2 is 1.66 bits per heavy atom. The Kier molecular flexibility index (Phi) is 8.12. The van der Waals surface area contributed by atoms with E-state index < -0.39 is 0 Å². The number of H-pyrrole nitrogens is 1. The van der Waals surface area contributed by atoms with Gasteiger partial charge in [0.1, 0.15) is 5.82 Å². The second-order valence-electron chi connectivity index (χ2n) is 14.5. The molecule has 242 valence electrons. The van der Waals surface area contributed by atoms with Crippen LogP contribution in [0.1, 0.15) is 68.8 Å². The second kappa shape index (κ2) is 12.4. The van der Waals surface area contributed by atoms with Crippen LogP contribution >= 0.6 is 0 Å². The summed E-state index contributed by atoms with van der Waals surface area (Å²) < 4.78 is 1.79. The molecule has 2 aliphatic heterocycles. The van der Waals surface area contributed by atoms with Gasteiger partial charge < -0.3 is 15.2 Å². The molecular formula is C39H44N6O2. The van der Waals surface area contributed by atoms with E-state index in [2.05, 4.69) is 72.5 Å². The maximum Gasteiger partial charge on any atom is 0.324 e. The Morgan fingerprint density at radius 3 is 2.40 bits per heavy atom. The number of hydrogen-bond donors (Lipinski definition) is 3. The molecule has 47 heavy (non-hydrogen) atoms. The van der Waals surface area contributed by atoms with E-state index in [1.807, 2.05) is 60.8 Å². The number of aromatic amines is 1. The zero-order valence-corrected chi connectivity index (χ0v) is 27.7. The first-order chi connectivity index (χ1) is 22.6. The van der Waals surface area contributed by atoms with Gasteiger partial charge in [0.15, 0.2) is 0 Å². The van der Waals surface area contributed by atoms with E-state index in [1.165, 1.54) is 5.56 Å². The van der Waals surface area contributed by atoms with Crippen molar-refractivity contribution in [1.29, 1.82) is 0 Å². The summed E-state index contributed by atoms with van der Waals surface area (Å²) in [5.74, 6) is 1.37. The quantitative estimate of drug-likeness (QED) is 0.170. The minimum absolute atomic E-state index is 0.169. The van der Waals surface area contributed by atoms with E-state index in [-0.39, 0.29) is 17.4 Å². The zero-order chi connectivity index (χ0) is 32.7. The largest absolute Gasteiger partial charge is 0.361 e. The molecular weight excluding hydrogens is 584 g/mol. The van der Waals surface area contributed by atoms with Gasteiger partial charge in [-0.05, 0) is 86.4 Å². The van der Waals surface area contributed by atoms with E-state index >= 15 is 0 Å². The summed E-state index contributed by atoms with van der Waals surface area (Å²) in [4.78, 5) is 32.3. The molecule has 0 spiro atoms. The predicted octanol–water partition coefficient (Wildman–Crippen LogP) is 8.16. The number of fused-ring (bicyclic) bond motifs is 3. The van der Waals surface area contributed by atoms with Crippen molar-refractivity contribution in [1.82, 2.24) is 19.7 Å². The van der Waals surface area contributed by atoms with Crippen LogP contribution < -0.4 is 10.6 Å². The molecule has 5 aromatic rings. The van der Waals surface area contributed by atoms with Crippen molar-refractivity contribution in [3.8, 4) is 5.69 Å². The van der Waals surface area contributed by atoms with Gasteiger partial charge in [-0.1, -0.05) is 68.8 Å². The van der Waals surface area contributed by atoms with Gasteiger partial charge in [-0.15, -0.1) is 0 Å². The molecule has 7 rings (SSSR count). The highest BCUT2D eigenvalue weighted by molar-refractivity contribution is 5.99. The van der Waals surface area contributed by atoms with E-state index in [1.54, 1.807) is 4.68 Å². The molecule has 4 heterocycles. The van der Waals surface area contributed by atoms with Crippen molar-refractivity contribution >= 4 is 34.3 Å². The number of aromatic nitrogens is 3. The molecule has 0 aliphatic carbocycles. The van der Waals surface area contributed by atoms with Crippen LogP contribution in [0.5, 0.6) is 0 Å². The van der Waals surface area contributed by atoms with Gasteiger partial charge in [0.05, 0.1) is 17.8 Å². The van der Waals surface area contributed by atoms with Crippen LogP contribution in [-0.2, 0) is 23.1 Å². The number of piperidine rings is 1. The van der Waals surface area contributed by atoms with Gasteiger partial charge in [-0.25, -0.2) is 9.48 Å². The molecule has 2 aromatic heterocycles. The summed E-state index contributed by atoms with van der Waals surface area (Å²) in [5, 5.41) is 12.0. The molecule has 3 N–H and O–H groups in total. The molecule has 3 amide bonds. The average molecular weight is 629 g/mol. The number of rotatable bonds is 7. The van der Waals surface area contributed by atoms with Gasteiger partial charge in [0, 0.05) is 46.4 Å². The van der Waals surface area contributed by atoms with E-state index in [9.17, 15) is 9.59 Å². The minimum Gasteiger partial charge on any atom is -0.361 e. The van der Waals surface area contributed by atoms with Crippen LogP contribution in [0.4, 0.5) is 16.3 Å². The Hall–Kier alpha value is -4.85. The van der Waals surface area contributed by atoms with Gasteiger partial charge in [0.25, 0.3) is 0 Å². The summed E-state index contributed by atoms with van der Waals surface area (Å²) in [6, 6.07) is 26.7. The lowest BCUT2D eigenvalue weighted by Gasteiger charge is -2.39. The number of anilines is 2. The monoisotopic (exact) mass is 628 g/mol. The fourth-order valence-electron chi connectivity index (χ4n) is 7.50. The molecule has 0 radical (unpaired) electrons. The van der Waals surface area contributed by atoms with Crippen LogP contribution in [0.25, 0.3) is 16.6 Å². The molecule has 3 aromatic carbocycles. The van der Waals surface area contributed by atoms with Crippen LogP contribution in [0.15, 0.2) is 85.1 Å². The van der Waals surface area contributed by atoms with E-state index in [0.717, 1.165) is 71.2 Å². The lowest BCUT2D eigenvalue weighted by atomic mass is 9.85. The van der Waals surface area contributed by atoms with Gasteiger partial charge in [0.2, 0.25) is 5.91 Å². The lowest BCUT2D eigenvalue weighted by molar-refractivity contribution is -0.135. The topological polar surface area (TPSA) is 95.1 Å². The fraction of sp³-hybridized carbons (Fsp3) is 0.359. The molecule has 8 heteroatoms. The normalized spacial score (nSPS) is 19.2. The number of carbonyl (C=O) groups is 2. The van der Waals surface area contributed by atoms with Crippen molar-refractivity contribution in [3.63, 3.8) is 0 Å². The van der Waals surface area contributed by atoms with Crippen LogP contribution in [0.3, 0.4) is 0 Å². The number of benzene rings is 3. The molecule has 2 fully saturated rings. The molecule has 2 unspecified atom stereocenters. The molecule has 2 saturated heterocycles. The third kappa shape index (κ3) is 6.55. The highest BCUT2D eigenvalue weighted by atomic mass is 16.2. The smallest absolute Gasteiger partial charge is 0.324 e. The first-order valence-electron chi connectivity index (χ1n) is 16.8. The maximum absolute atomic E-state index is 13.5. The third-order valence-electron chi connectivity index (χ3n) is 9.84. The second-order valence-corrected chi connectivity index (χ2v) is 14.5. The molecule has 2 atom stereocenters. The van der Waals surface area contributed by atoms with Crippen LogP contribution in [0.2, 0.25) is 0 Å². The lowest BCUT2D eigenvalue weighted by Crippen LogP contribution is -2.47. The standard InChI is InChI=1S/C39H44N6O2/c1-25-12-14-30(15-13-25)45-36(23-35(43-45)39(2,3)4)42-38(47)41-29-9-7-8-26(19-29)18-27-20-31-16-17-32(21-27)44(31)37(46)22-28-24-40-34-11-6-5-10-33(28)34/h5-15,19,23-24,27,31-32,40H,16-18,20-22H2,1-4H3,(H2,41,42,47). The Balaban J connectivity index is 0.986. The Labute approximate surface area is 276 Å². The summed E-state index contributed by atoms with van der Waals surface area (Å²) in [7, 11) is 0. The zero-order valence-electron chi connectivity index (χ0n) is 27.7. The number of hydrogen-bond acceptors (Lipinski definition) is 3. The van der Waals surface area contributed by atoms with Gasteiger partial charge in [-0.3, -0.25) is 10.1 Å². The van der Waals surface area contributed by atoms with Crippen molar-refractivity contribution in [3.05, 3.63) is 107 Å². The molecule has 2 bridgehead atoms. The number of urea groups is 1. The predicted molar refractivity (Wildman–Crippen MR) is 188 cm³/mol. The van der Waals surface area contributed by atoms with Crippen LogP contribution in [-0.4, -0.2) is 43.7 Å². The van der Waals surface area contributed by atoms with Gasteiger partial charge >= 0.3 is 6.03 Å². The van der Waals surface area contributed by atoms with E-state index in [0.29, 0.717) is 30.2 Å². The van der Waals surface area contributed by atoms with Crippen molar-refractivity contribution < 1.29 is 9.59 Å². The molecule has 8 nitrogen and oxygen atoms in total. The van der Waals surface area contributed by atoms with Gasteiger partial charge in [-0.2, -0.15) is 5.10 Å². The molecule has 2 aliphatic rings. The number of para-hydroxylation sites is 1. The van der Waals surface area contributed by atoms with Crippen molar-refractivity contribution in [2.75, 3.05) is 10.6 Å². The minimum atomic E-state index is -0.309. The first-order valence-corrected chi connectivity index (χ1v) is 16.8. The van der Waals surface area contributed by atoms with E-state index in [4.69, 9.17) is 5.10 Å². The maximum atomic E-state index is 13.5. The fourth-order valence-corrected chi connectivity index (χ4v) is 7.50.